The standard InChI is InChI=1S/C12H23NO5S/c1-2-12(14)18-11(9-19(15,16)17)8-13-10-6-4-3-5-7-10/h10-11,13H,2-9H2,1H3,(H,15,16,17)/p-1. The van der Waals surface area contributed by atoms with Gasteiger partial charge < -0.3 is 14.6 Å². The Morgan fingerprint density at radius 1 is 1.37 bits per heavy atom. The van der Waals surface area contributed by atoms with Crippen molar-refractivity contribution in [1.82, 2.24) is 5.32 Å². The van der Waals surface area contributed by atoms with E-state index in [1.54, 1.807) is 6.92 Å². The molecule has 1 aliphatic rings. The maximum Gasteiger partial charge on any atom is 0.305 e. The Hall–Kier alpha value is -0.660. The molecule has 1 saturated carbocycles. The zero-order valence-electron chi connectivity index (χ0n) is 11.3. The van der Waals surface area contributed by atoms with E-state index in [2.05, 4.69) is 5.32 Å². The molecule has 112 valence electrons. The smallest absolute Gasteiger partial charge is 0.305 e. The van der Waals surface area contributed by atoms with Gasteiger partial charge in [0.2, 0.25) is 0 Å². The van der Waals surface area contributed by atoms with E-state index < -0.39 is 27.9 Å². The van der Waals surface area contributed by atoms with E-state index in [0.717, 1.165) is 25.7 Å². The van der Waals surface area contributed by atoms with Crippen LogP contribution in [0, 0.1) is 0 Å². The second kappa shape index (κ2) is 7.81. The molecule has 1 unspecified atom stereocenters. The average molecular weight is 292 g/mol. The second-order valence-corrected chi connectivity index (χ2v) is 6.38. The van der Waals surface area contributed by atoms with Crippen LogP contribution in [0.2, 0.25) is 0 Å². The summed E-state index contributed by atoms with van der Waals surface area (Å²) in [7, 11) is -4.40. The molecule has 1 fully saturated rings. The fraction of sp³-hybridized carbons (Fsp3) is 0.917. The first-order valence-electron chi connectivity index (χ1n) is 6.77. The van der Waals surface area contributed by atoms with Gasteiger partial charge in [0.25, 0.3) is 0 Å². The third-order valence-electron chi connectivity index (χ3n) is 3.22. The molecule has 19 heavy (non-hydrogen) atoms. The van der Waals surface area contributed by atoms with E-state index >= 15 is 0 Å². The molecule has 0 bridgehead atoms. The predicted molar refractivity (Wildman–Crippen MR) is 69.6 cm³/mol. The van der Waals surface area contributed by atoms with Crippen LogP contribution in [-0.2, 0) is 19.6 Å². The number of carbonyl (C=O) groups excluding carboxylic acids is 1. The molecule has 0 aromatic rings. The Bertz CT molecular complexity index is 376. The predicted octanol–water partition coefficient (Wildman–Crippen LogP) is 0.776. The van der Waals surface area contributed by atoms with Crippen LogP contribution >= 0.6 is 0 Å². The highest BCUT2D eigenvalue weighted by Crippen LogP contribution is 2.17. The summed E-state index contributed by atoms with van der Waals surface area (Å²) in [6.07, 6.45) is 4.88. The first-order valence-corrected chi connectivity index (χ1v) is 8.35. The van der Waals surface area contributed by atoms with Gasteiger partial charge in [-0.2, -0.15) is 0 Å². The van der Waals surface area contributed by atoms with Crippen molar-refractivity contribution in [2.75, 3.05) is 12.3 Å². The first kappa shape index (κ1) is 16.4. The Labute approximate surface area is 114 Å². The SMILES string of the molecule is CCC(=O)OC(CNC1CCCCC1)CS(=O)(=O)[O-]. The summed E-state index contributed by atoms with van der Waals surface area (Å²) in [5.41, 5.74) is 0. The third-order valence-corrected chi connectivity index (χ3v) is 4.00. The van der Waals surface area contributed by atoms with Gasteiger partial charge in [0.05, 0.1) is 15.9 Å². The lowest BCUT2D eigenvalue weighted by molar-refractivity contribution is -0.147. The molecule has 1 aliphatic carbocycles. The van der Waals surface area contributed by atoms with E-state index in [0.29, 0.717) is 6.04 Å². The summed E-state index contributed by atoms with van der Waals surface area (Å²) in [5.74, 6) is -1.16. The molecule has 0 aromatic carbocycles. The zero-order chi connectivity index (χ0) is 14.3. The van der Waals surface area contributed by atoms with Gasteiger partial charge >= 0.3 is 5.97 Å². The topological polar surface area (TPSA) is 95.5 Å². The minimum Gasteiger partial charge on any atom is -0.748 e. The first-order chi connectivity index (χ1) is 8.90. The number of esters is 1. The van der Waals surface area contributed by atoms with Gasteiger partial charge in [-0.1, -0.05) is 26.2 Å². The molecular weight excluding hydrogens is 270 g/mol. The molecule has 1 N–H and O–H groups in total. The molecule has 1 atom stereocenters. The molecule has 0 aliphatic heterocycles. The van der Waals surface area contributed by atoms with Crippen molar-refractivity contribution in [2.24, 2.45) is 0 Å². The van der Waals surface area contributed by atoms with Crippen LogP contribution in [-0.4, -0.2) is 43.4 Å². The number of hydrogen-bond donors (Lipinski definition) is 1. The van der Waals surface area contributed by atoms with Crippen molar-refractivity contribution >= 4 is 16.1 Å². The molecule has 7 heteroatoms. The fourth-order valence-corrected chi connectivity index (χ4v) is 2.88. The van der Waals surface area contributed by atoms with Gasteiger partial charge in [-0.15, -0.1) is 0 Å². The Kier molecular flexibility index (Phi) is 6.74. The number of carbonyl (C=O) groups is 1. The molecule has 0 spiro atoms. The van der Waals surface area contributed by atoms with Crippen molar-refractivity contribution in [3.63, 3.8) is 0 Å². The van der Waals surface area contributed by atoms with Gasteiger partial charge in [0.1, 0.15) is 6.10 Å². The van der Waals surface area contributed by atoms with E-state index in [-0.39, 0.29) is 13.0 Å². The van der Waals surface area contributed by atoms with Gasteiger partial charge in [-0.3, -0.25) is 4.79 Å². The number of ether oxygens (including phenoxy) is 1. The van der Waals surface area contributed by atoms with Crippen LogP contribution in [0.25, 0.3) is 0 Å². The minimum atomic E-state index is -4.40. The molecule has 1 rings (SSSR count). The van der Waals surface area contributed by atoms with E-state index in [9.17, 15) is 17.8 Å². The normalized spacial score (nSPS) is 19.1. The van der Waals surface area contributed by atoms with E-state index in [1.807, 2.05) is 0 Å². The largest absolute Gasteiger partial charge is 0.748 e. The number of hydrogen-bond acceptors (Lipinski definition) is 6. The summed E-state index contributed by atoms with van der Waals surface area (Å²) in [6.45, 7) is 1.84. The van der Waals surface area contributed by atoms with Crippen LogP contribution in [0.3, 0.4) is 0 Å². The van der Waals surface area contributed by atoms with Gasteiger partial charge in [-0.25, -0.2) is 8.42 Å². The molecule has 0 radical (unpaired) electrons. The quantitative estimate of drug-likeness (QED) is 0.550. The Morgan fingerprint density at radius 2 is 2.00 bits per heavy atom. The lowest BCUT2D eigenvalue weighted by atomic mass is 9.95. The highest BCUT2D eigenvalue weighted by atomic mass is 32.2. The van der Waals surface area contributed by atoms with Crippen molar-refractivity contribution in [3.8, 4) is 0 Å². The van der Waals surface area contributed by atoms with Crippen molar-refractivity contribution in [2.45, 2.75) is 57.6 Å². The molecule has 0 saturated heterocycles. The minimum absolute atomic E-state index is 0.166. The number of nitrogens with one attached hydrogen (secondary N) is 1. The fourth-order valence-electron chi connectivity index (χ4n) is 2.24. The summed E-state index contributed by atoms with van der Waals surface area (Å²) < 4.78 is 37.4. The average Bonchev–Trinajstić information content (AvgIpc) is 2.35. The van der Waals surface area contributed by atoms with E-state index in [1.165, 1.54) is 6.42 Å². The molecule has 6 nitrogen and oxygen atoms in total. The Balaban J connectivity index is 2.45. The van der Waals surface area contributed by atoms with Crippen LogP contribution in [0.15, 0.2) is 0 Å². The third kappa shape index (κ3) is 7.49. The van der Waals surface area contributed by atoms with Gasteiger partial charge in [0, 0.05) is 19.0 Å². The van der Waals surface area contributed by atoms with E-state index in [4.69, 9.17) is 4.74 Å². The van der Waals surface area contributed by atoms with Crippen molar-refractivity contribution in [1.29, 1.82) is 0 Å². The molecule has 0 aromatic heterocycles. The van der Waals surface area contributed by atoms with Crippen LogP contribution in [0.4, 0.5) is 0 Å². The van der Waals surface area contributed by atoms with Crippen LogP contribution in [0.5, 0.6) is 0 Å². The molecular formula is C12H22NO5S-. The Morgan fingerprint density at radius 3 is 2.53 bits per heavy atom. The maximum absolute atomic E-state index is 11.2. The molecule has 0 amide bonds. The van der Waals surface area contributed by atoms with Gasteiger partial charge in [-0.05, 0) is 12.8 Å². The monoisotopic (exact) mass is 292 g/mol. The highest BCUT2D eigenvalue weighted by Gasteiger charge is 2.19. The summed E-state index contributed by atoms with van der Waals surface area (Å²) in [6, 6.07) is 0.325. The summed E-state index contributed by atoms with van der Waals surface area (Å²) in [5, 5.41) is 3.19. The summed E-state index contributed by atoms with van der Waals surface area (Å²) >= 11 is 0. The number of rotatable bonds is 7. The molecule has 0 heterocycles. The maximum atomic E-state index is 11.2. The van der Waals surface area contributed by atoms with Gasteiger partial charge in [0.15, 0.2) is 0 Å². The highest BCUT2D eigenvalue weighted by molar-refractivity contribution is 7.85. The lowest BCUT2D eigenvalue weighted by Gasteiger charge is -2.26. The van der Waals surface area contributed by atoms with Crippen molar-refractivity contribution in [3.05, 3.63) is 0 Å². The summed E-state index contributed by atoms with van der Waals surface area (Å²) in [4.78, 5) is 11.2. The lowest BCUT2D eigenvalue weighted by Crippen LogP contribution is -2.41. The second-order valence-electron chi connectivity index (χ2n) is 4.93. The van der Waals surface area contributed by atoms with Crippen molar-refractivity contribution < 1.29 is 22.5 Å². The van der Waals surface area contributed by atoms with Crippen LogP contribution < -0.4 is 5.32 Å². The van der Waals surface area contributed by atoms with Crippen LogP contribution in [0.1, 0.15) is 45.4 Å². The zero-order valence-corrected chi connectivity index (χ0v) is 12.1.